The van der Waals surface area contributed by atoms with E-state index < -0.39 is 0 Å². The van der Waals surface area contributed by atoms with Crippen LogP contribution in [0.25, 0.3) is 0 Å². The normalized spacial score (nSPS) is 33.8. The van der Waals surface area contributed by atoms with E-state index in [4.69, 9.17) is 0 Å². The van der Waals surface area contributed by atoms with Crippen LogP contribution in [0.4, 0.5) is 0 Å². The molecule has 0 spiro atoms. The van der Waals surface area contributed by atoms with Gasteiger partial charge in [-0.05, 0) is 34.6 Å². The van der Waals surface area contributed by atoms with E-state index in [0.717, 1.165) is 0 Å². The van der Waals surface area contributed by atoms with Gasteiger partial charge in [0.15, 0.2) is 0 Å². The Morgan fingerprint density at radius 2 is 1.50 bits per heavy atom. The summed E-state index contributed by atoms with van der Waals surface area (Å²) in [5.74, 6) is 0. The molecule has 2 atom stereocenters. The van der Waals surface area contributed by atoms with Crippen LogP contribution in [0, 0.1) is 0 Å². The second kappa shape index (κ2) is 3.35. The summed E-state index contributed by atoms with van der Waals surface area (Å²) in [5.41, 5.74) is 0.324. The van der Waals surface area contributed by atoms with Gasteiger partial charge in [-0.3, -0.25) is 4.90 Å². The molecule has 72 valence electrons. The highest BCUT2D eigenvalue weighted by molar-refractivity contribution is 4.87. The van der Waals surface area contributed by atoms with Gasteiger partial charge >= 0.3 is 0 Å². The van der Waals surface area contributed by atoms with E-state index in [2.05, 4.69) is 44.8 Å². The molecule has 1 rings (SSSR count). The van der Waals surface area contributed by atoms with Crippen LogP contribution < -0.4 is 5.32 Å². The average Bonchev–Trinajstić information content (AvgIpc) is 1.82. The quantitative estimate of drug-likeness (QED) is 0.592. The molecule has 0 aromatic rings. The number of hydrogen-bond donors (Lipinski definition) is 1. The molecule has 0 bridgehead atoms. The topological polar surface area (TPSA) is 15.3 Å². The third-order valence-electron chi connectivity index (χ3n) is 2.51. The first-order chi connectivity index (χ1) is 5.39. The highest BCUT2D eigenvalue weighted by Gasteiger charge is 2.28. The minimum Gasteiger partial charge on any atom is -0.309 e. The minimum atomic E-state index is 0.324. The van der Waals surface area contributed by atoms with Gasteiger partial charge in [0.25, 0.3) is 0 Å². The Bertz CT molecular complexity index is 138. The molecule has 1 aliphatic rings. The van der Waals surface area contributed by atoms with Crippen molar-refractivity contribution in [2.24, 2.45) is 0 Å². The summed E-state index contributed by atoms with van der Waals surface area (Å²) in [5, 5.41) is 3.54. The van der Waals surface area contributed by atoms with E-state index in [1.807, 2.05) is 0 Å². The minimum absolute atomic E-state index is 0.324. The lowest BCUT2D eigenvalue weighted by Gasteiger charge is -2.43. The number of nitrogens with zero attached hydrogens (tertiary/aromatic N) is 1. The van der Waals surface area contributed by atoms with Crippen molar-refractivity contribution < 1.29 is 0 Å². The molecule has 2 heteroatoms. The molecule has 12 heavy (non-hydrogen) atoms. The fourth-order valence-corrected chi connectivity index (χ4v) is 1.87. The van der Waals surface area contributed by atoms with E-state index in [1.165, 1.54) is 13.1 Å². The molecule has 0 aliphatic carbocycles. The predicted molar refractivity (Wildman–Crippen MR) is 53.4 cm³/mol. The van der Waals surface area contributed by atoms with E-state index in [9.17, 15) is 0 Å². The zero-order chi connectivity index (χ0) is 9.35. The van der Waals surface area contributed by atoms with E-state index >= 15 is 0 Å². The monoisotopic (exact) mass is 170 g/mol. The van der Waals surface area contributed by atoms with Crippen LogP contribution in [0.1, 0.15) is 34.6 Å². The van der Waals surface area contributed by atoms with Gasteiger partial charge < -0.3 is 5.32 Å². The van der Waals surface area contributed by atoms with Crippen molar-refractivity contribution in [3.63, 3.8) is 0 Å². The Kier molecular flexibility index (Phi) is 2.79. The predicted octanol–water partition coefficient (Wildman–Crippen LogP) is 1.47. The lowest BCUT2D eigenvalue weighted by atomic mass is 10.0. The highest BCUT2D eigenvalue weighted by Crippen LogP contribution is 2.16. The van der Waals surface area contributed by atoms with Crippen LogP contribution in [0.3, 0.4) is 0 Å². The lowest BCUT2D eigenvalue weighted by molar-refractivity contribution is 0.0795. The maximum absolute atomic E-state index is 3.54. The third kappa shape index (κ3) is 2.46. The molecular weight excluding hydrogens is 148 g/mol. The van der Waals surface area contributed by atoms with Gasteiger partial charge in [-0.15, -0.1) is 0 Å². The van der Waals surface area contributed by atoms with Gasteiger partial charge in [-0.25, -0.2) is 0 Å². The van der Waals surface area contributed by atoms with E-state index in [1.54, 1.807) is 0 Å². The van der Waals surface area contributed by atoms with Crippen molar-refractivity contribution in [3.05, 3.63) is 0 Å². The molecule has 0 unspecified atom stereocenters. The fourth-order valence-electron chi connectivity index (χ4n) is 1.87. The summed E-state index contributed by atoms with van der Waals surface area (Å²) < 4.78 is 0. The summed E-state index contributed by atoms with van der Waals surface area (Å²) in [6.07, 6.45) is 0. The summed E-state index contributed by atoms with van der Waals surface area (Å²) in [7, 11) is 0. The van der Waals surface area contributed by atoms with Crippen molar-refractivity contribution in [2.75, 3.05) is 13.1 Å². The molecule has 1 fully saturated rings. The standard InChI is InChI=1S/C10H22N2/c1-8-6-12(10(3,4)5)7-9(2)11-8/h8-9,11H,6-7H2,1-5H3/t8-,9-/m0/s1. The Labute approximate surface area is 76.3 Å². The maximum Gasteiger partial charge on any atom is 0.0169 e. The van der Waals surface area contributed by atoms with Crippen LogP contribution in [0.2, 0.25) is 0 Å². The number of nitrogens with one attached hydrogen (secondary N) is 1. The smallest absolute Gasteiger partial charge is 0.0169 e. The van der Waals surface area contributed by atoms with Gasteiger partial charge in [0.05, 0.1) is 0 Å². The summed E-state index contributed by atoms with van der Waals surface area (Å²) in [6, 6.07) is 1.26. The number of hydrogen-bond acceptors (Lipinski definition) is 2. The van der Waals surface area contributed by atoms with Crippen LogP contribution in [-0.4, -0.2) is 35.6 Å². The van der Waals surface area contributed by atoms with E-state index in [-0.39, 0.29) is 0 Å². The molecule has 1 N–H and O–H groups in total. The molecule has 0 aromatic heterocycles. The van der Waals surface area contributed by atoms with Gasteiger partial charge in [-0.1, -0.05) is 0 Å². The molecule has 1 heterocycles. The number of rotatable bonds is 0. The van der Waals surface area contributed by atoms with Crippen molar-refractivity contribution in [1.82, 2.24) is 10.2 Å². The van der Waals surface area contributed by atoms with Crippen LogP contribution >= 0.6 is 0 Å². The maximum atomic E-state index is 3.54. The third-order valence-corrected chi connectivity index (χ3v) is 2.51. The molecule has 0 amide bonds. The van der Waals surface area contributed by atoms with Gasteiger partial charge in [-0.2, -0.15) is 0 Å². The molecule has 1 saturated heterocycles. The van der Waals surface area contributed by atoms with Crippen molar-refractivity contribution >= 4 is 0 Å². The zero-order valence-electron chi connectivity index (χ0n) is 9.02. The second-order valence-corrected chi connectivity index (χ2v) is 5.04. The van der Waals surface area contributed by atoms with Crippen LogP contribution in [-0.2, 0) is 0 Å². The van der Waals surface area contributed by atoms with Crippen molar-refractivity contribution in [3.8, 4) is 0 Å². The largest absolute Gasteiger partial charge is 0.309 e. The Morgan fingerprint density at radius 1 is 1.08 bits per heavy atom. The summed E-state index contributed by atoms with van der Waals surface area (Å²) >= 11 is 0. The van der Waals surface area contributed by atoms with Crippen molar-refractivity contribution in [1.29, 1.82) is 0 Å². The van der Waals surface area contributed by atoms with Crippen LogP contribution in [0.5, 0.6) is 0 Å². The lowest BCUT2D eigenvalue weighted by Crippen LogP contribution is -2.59. The molecule has 2 nitrogen and oxygen atoms in total. The first-order valence-corrected chi connectivity index (χ1v) is 4.90. The van der Waals surface area contributed by atoms with Gasteiger partial charge in [0.2, 0.25) is 0 Å². The molecule has 1 aliphatic heterocycles. The van der Waals surface area contributed by atoms with E-state index in [0.29, 0.717) is 17.6 Å². The van der Waals surface area contributed by atoms with Crippen molar-refractivity contribution in [2.45, 2.75) is 52.2 Å². The number of piperazine rings is 1. The Balaban J connectivity index is 2.55. The Hall–Kier alpha value is -0.0800. The summed E-state index contributed by atoms with van der Waals surface area (Å²) in [6.45, 7) is 13.7. The summed E-state index contributed by atoms with van der Waals surface area (Å²) in [4.78, 5) is 2.55. The first kappa shape index (κ1) is 10.0. The van der Waals surface area contributed by atoms with Gasteiger partial charge in [0.1, 0.15) is 0 Å². The zero-order valence-corrected chi connectivity index (χ0v) is 9.02. The average molecular weight is 170 g/mol. The van der Waals surface area contributed by atoms with Gasteiger partial charge in [0, 0.05) is 30.7 Å². The molecular formula is C10H22N2. The van der Waals surface area contributed by atoms with Crippen LogP contribution in [0.15, 0.2) is 0 Å². The SMILES string of the molecule is C[C@H]1CN(C(C)(C)C)C[C@H](C)N1. The highest BCUT2D eigenvalue weighted by atomic mass is 15.3. The molecule has 0 radical (unpaired) electrons. The first-order valence-electron chi connectivity index (χ1n) is 4.90. The Morgan fingerprint density at radius 3 is 1.83 bits per heavy atom. The second-order valence-electron chi connectivity index (χ2n) is 5.04. The molecule has 0 aromatic carbocycles. The molecule has 0 saturated carbocycles. The fraction of sp³-hybridized carbons (Fsp3) is 1.00.